The molecule has 1 atom stereocenters. The molecule has 0 aliphatic heterocycles. The van der Waals surface area contributed by atoms with Crippen LogP contribution in [-0.2, 0) is 4.79 Å². The molecule has 0 aromatic heterocycles. The van der Waals surface area contributed by atoms with Crippen molar-refractivity contribution in [2.24, 2.45) is 5.73 Å². The van der Waals surface area contributed by atoms with Crippen molar-refractivity contribution in [3.05, 3.63) is 34.6 Å². The quantitative estimate of drug-likeness (QED) is 0.863. The molecule has 1 rings (SSSR count). The normalized spacial score (nSPS) is 12.5. The Kier molecular flexibility index (Phi) is 4.24. The lowest BCUT2D eigenvalue weighted by Crippen LogP contribution is -2.11. The third-order valence-corrected chi connectivity index (χ3v) is 2.49. The van der Waals surface area contributed by atoms with E-state index in [-0.39, 0.29) is 16.8 Å². The molecule has 0 aliphatic carbocycles. The molecule has 0 bridgehead atoms. The van der Waals surface area contributed by atoms with Crippen LogP contribution >= 0.6 is 11.6 Å². The predicted molar refractivity (Wildman–Crippen MR) is 58.3 cm³/mol. The lowest BCUT2D eigenvalue weighted by Gasteiger charge is -2.11. The minimum absolute atomic E-state index is 0.0810. The highest BCUT2D eigenvalue weighted by Crippen LogP contribution is 2.21. The smallest absolute Gasteiger partial charge is 0.142 e. The zero-order valence-electron chi connectivity index (χ0n) is 8.47. The SMILES string of the molecule is CC(=O)CCC(N)c1ccc(Cl)c(F)c1. The van der Waals surface area contributed by atoms with E-state index < -0.39 is 5.82 Å². The molecular weight excluding hydrogens is 217 g/mol. The highest BCUT2D eigenvalue weighted by molar-refractivity contribution is 6.30. The molecule has 1 unspecified atom stereocenters. The minimum Gasteiger partial charge on any atom is -0.324 e. The van der Waals surface area contributed by atoms with Gasteiger partial charge in [-0.2, -0.15) is 0 Å². The van der Waals surface area contributed by atoms with Crippen LogP contribution in [0.4, 0.5) is 4.39 Å². The summed E-state index contributed by atoms with van der Waals surface area (Å²) in [5.74, 6) is -0.396. The van der Waals surface area contributed by atoms with E-state index in [0.29, 0.717) is 18.4 Å². The third-order valence-electron chi connectivity index (χ3n) is 2.18. The number of halogens is 2. The van der Waals surface area contributed by atoms with Crippen LogP contribution in [0.25, 0.3) is 0 Å². The van der Waals surface area contributed by atoms with Crippen LogP contribution in [0.5, 0.6) is 0 Å². The highest BCUT2D eigenvalue weighted by Gasteiger charge is 2.09. The Morgan fingerprint density at radius 3 is 2.80 bits per heavy atom. The van der Waals surface area contributed by atoms with Gasteiger partial charge in [0.25, 0.3) is 0 Å². The van der Waals surface area contributed by atoms with Gasteiger partial charge in [0, 0.05) is 12.5 Å². The summed E-state index contributed by atoms with van der Waals surface area (Å²) < 4.78 is 13.1. The molecule has 0 radical (unpaired) electrons. The lowest BCUT2D eigenvalue weighted by atomic mass is 10.0. The second-order valence-electron chi connectivity index (χ2n) is 3.52. The van der Waals surface area contributed by atoms with E-state index in [1.165, 1.54) is 19.1 Å². The third kappa shape index (κ3) is 3.61. The Hall–Kier alpha value is -0.930. The van der Waals surface area contributed by atoms with Crippen molar-refractivity contribution in [3.8, 4) is 0 Å². The summed E-state index contributed by atoms with van der Waals surface area (Å²) in [7, 11) is 0. The van der Waals surface area contributed by atoms with E-state index in [9.17, 15) is 9.18 Å². The van der Waals surface area contributed by atoms with Crippen LogP contribution in [0.2, 0.25) is 5.02 Å². The average Bonchev–Trinajstić information content (AvgIpc) is 2.18. The predicted octanol–water partition coefficient (Wildman–Crippen LogP) is 2.85. The first kappa shape index (κ1) is 12.1. The van der Waals surface area contributed by atoms with Gasteiger partial charge < -0.3 is 10.5 Å². The second kappa shape index (κ2) is 5.24. The Morgan fingerprint density at radius 1 is 1.60 bits per heavy atom. The number of hydrogen-bond donors (Lipinski definition) is 1. The Labute approximate surface area is 93.2 Å². The van der Waals surface area contributed by atoms with Crippen molar-refractivity contribution in [3.63, 3.8) is 0 Å². The van der Waals surface area contributed by atoms with Crippen LogP contribution in [0, 0.1) is 5.82 Å². The maximum absolute atomic E-state index is 13.1. The van der Waals surface area contributed by atoms with Gasteiger partial charge in [-0.05, 0) is 31.0 Å². The summed E-state index contributed by atoms with van der Waals surface area (Å²) in [4.78, 5) is 10.7. The van der Waals surface area contributed by atoms with Gasteiger partial charge in [-0.1, -0.05) is 17.7 Å². The molecule has 4 heteroatoms. The second-order valence-corrected chi connectivity index (χ2v) is 3.93. The molecule has 0 saturated carbocycles. The zero-order chi connectivity index (χ0) is 11.4. The van der Waals surface area contributed by atoms with E-state index in [1.807, 2.05) is 0 Å². The first-order valence-corrected chi connectivity index (χ1v) is 5.08. The molecule has 82 valence electrons. The average molecular weight is 230 g/mol. The van der Waals surface area contributed by atoms with Gasteiger partial charge in [-0.25, -0.2) is 4.39 Å². The summed E-state index contributed by atoms with van der Waals surface area (Å²) in [6, 6.07) is 4.14. The maximum Gasteiger partial charge on any atom is 0.142 e. The molecule has 0 aliphatic rings. The van der Waals surface area contributed by atoms with Gasteiger partial charge in [0.2, 0.25) is 0 Å². The first-order chi connectivity index (χ1) is 7.00. The van der Waals surface area contributed by atoms with Crippen molar-refractivity contribution in [1.29, 1.82) is 0 Å². The fourth-order valence-corrected chi connectivity index (χ4v) is 1.39. The number of nitrogens with two attached hydrogens (primary N) is 1. The van der Waals surface area contributed by atoms with Crippen molar-refractivity contribution in [2.45, 2.75) is 25.8 Å². The summed E-state index contributed by atoms with van der Waals surface area (Å²) in [5, 5.41) is 0.0810. The lowest BCUT2D eigenvalue weighted by molar-refractivity contribution is -0.117. The van der Waals surface area contributed by atoms with Crippen LogP contribution in [-0.4, -0.2) is 5.78 Å². The molecule has 15 heavy (non-hydrogen) atoms. The van der Waals surface area contributed by atoms with Gasteiger partial charge in [0.05, 0.1) is 5.02 Å². The van der Waals surface area contributed by atoms with E-state index in [1.54, 1.807) is 6.07 Å². The van der Waals surface area contributed by atoms with Crippen molar-refractivity contribution in [2.75, 3.05) is 0 Å². The molecule has 0 amide bonds. The number of benzene rings is 1. The molecule has 0 saturated heterocycles. The summed E-state index contributed by atoms with van der Waals surface area (Å²) >= 11 is 5.54. The van der Waals surface area contributed by atoms with E-state index >= 15 is 0 Å². The van der Waals surface area contributed by atoms with Crippen LogP contribution < -0.4 is 5.73 Å². The van der Waals surface area contributed by atoms with Crippen molar-refractivity contribution in [1.82, 2.24) is 0 Å². The van der Waals surface area contributed by atoms with Gasteiger partial charge in [-0.15, -0.1) is 0 Å². The van der Waals surface area contributed by atoms with Crippen LogP contribution in [0.15, 0.2) is 18.2 Å². The molecule has 2 nitrogen and oxygen atoms in total. The Bertz CT molecular complexity index is 368. The van der Waals surface area contributed by atoms with Gasteiger partial charge >= 0.3 is 0 Å². The van der Waals surface area contributed by atoms with Crippen molar-refractivity contribution < 1.29 is 9.18 Å². The number of Topliss-reactive ketones (excluding diaryl/α,β-unsaturated/α-hetero) is 1. The summed E-state index contributed by atoms with van der Waals surface area (Å²) in [6.45, 7) is 1.51. The highest BCUT2D eigenvalue weighted by atomic mass is 35.5. The molecule has 1 aromatic rings. The maximum atomic E-state index is 13.1. The van der Waals surface area contributed by atoms with Gasteiger partial charge in [0.1, 0.15) is 11.6 Å². The fraction of sp³-hybridized carbons (Fsp3) is 0.364. The number of ketones is 1. The molecule has 1 aromatic carbocycles. The minimum atomic E-state index is -0.479. The number of rotatable bonds is 4. The Morgan fingerprint density at radius 2 is 2.27 bits per heavy atom. The van der Waals surface area contributed by atoms with Gasteiger partial charge in [0.15, 0.2) is 0 Å². The Balaban J connectivity index is 2.69. The molecule has 0 heterocycles. The topological polar surface area (TPSA) is 43.1 Å². The van der Waals surface area contributed by atoms with Crippen LogP contribution in [0.3, 0.4) is 0 Å². The standard InChI is InChI=1S/C11H13ClFNO/c1-7(15)2-5-11(14)8-3-4-9(12)10(13)6-8/h3-4,6,11H,2,5,14H2,1H3. The first-order valence-electron chi connectivity index (χ1n) is 4.70. The molecule has 0 spiro atoms. The summed E-state index contributed by atoms with van der Waals surface area (Å²) in [5.41, 5.74) is 6.47. The fourth-order valence-electron chi connectivity index (χ4n) is 1.27. The van der Waals surface area contributed by atoms with E-state index in [2.05, 4.69) is 0 Å². The van der Waals surface area contributed by atoms with E-state index in [0.717, 1.165) is 0 Å². The number of carbonyl (C=O) groups excluding carboxylic acids is 1. The number of hydrogen-bond acceptors (Lipinski definition) is 2. The molecule has 2 N–H and O–H groups in total. The monoisotopic (exact) mass is 229 g/mol. The van der Waals surface area contributed by atoms with E-state index in [4.69, 9.17) is 17.3 Å². The summed E-state index contributed by atoms with van der Waals surface area (Å²) in [6.07, 6.45) is 0.932. The van der Waals surface area contributed by atoms with Gasteiger partial charge in [-0.3, -0.25) is 0 Å². The molecule has 0 fully saturated rings. The van der Waals surface area contributed by atoms with Crippen LogP contribution in [0.1, 0.15) is 31.4 Å². The van der Waals surface area contributed by atoms with Crippen molar-refractivity contribution >= 4 is 17.4 Å². The number of carbonyl (C=O) groups is 1. The zero-order valence-corrected chi connectivity index (χ0v) is 9.22. The largest absolute Gasteiger partial charge is 0.324 e. The molecular formula is C11H13ClFNO.